The Morgan fingerprint density at radius 2 is 1.88 bits per heavy atom. The van der Waals surface area contributed by atoms with Crippen LogP contribution in [0.4, 0.5) is 0 Å². The first-order valence-corrected chi connectivity index (χ1v) is 15.0. The second kappa shape index (κ2) is 4.66. The number of ether oxygens (including phenoxy) is 1. The van der Waals surface area contributed by atoms with Gasteiger partial charge < -0.3 is 0 Å². The summed E-state index contributed by atoms with van der Waals surface area (Å²) >= 11 is -1.50. The van der Waals surface area contributed by atoms with Gasteiger partial charge in [0, 0.05) is 0 Å². The SMILES string of the molecule is COC1Cn2c(=O)n(C)c(=O)n2C[CH]1[Hg][Cl]. The van der Waals surface area contributed by atoms with Crippen LogP contribution < -0.4 is 11.4 Å². The molecular formula is C8H12ClHgN3O3. The number of fused-ring (bicyclic) bond motifs is 1. The van der Waals surface area contributed by atoms with Crippen molar-refractivity contribution < 1.29 is 28.1 Å². The van der Waals surface area contributed by atoms with Crippen molar-refractivity contribution in [2.45, 2.75) is 22.6 Å². The molecule has 0 saturated carbocycles. The van der Waals surface area contributed by atoms with E-state index >= 15 is 0 Å². The zero-order valence-electron chi connectivity index (χ0n) is 9.22. The summed E-state index contributed by atoms with van der Waals surface area (Å²) in [7, 11) is 9.17. The summed E-state index contributed by atoms with van der Waals surface area (Å²) in [6.07, 6.45) is -0.0151. The van der Waals surface area contributed by atoms with Crippen LogP contribution in [0.3, 0.4) is 0 Å². The maximum atomic E-state index is 11.7. The predicted octanol–water partition coefficient (Wildman–Crippen LogP) is -0.598. The van der Waals surface area contributed by atoms with Crippen LogP contribution in [-0.2, 0) is 48.2 Å². The van der Waals surface area contributed by atoms with Gasteiger partial charge in [0.2, 0.25) is 0 Å². The molecule has 0 saturated heterocycles. The first-order chi connectivity index (χ1) is 7.60. The van der Waals surface area contributed by atoms with Crippen molar-refractivity contribution in [2.24, 2.45) is 7.05 Å². The van der Waals surface area contributed by atoms with Crippen LogP contribution in [-0.4, -0.2) is 27.1 Å². The fourth-order valence-electron chi connectivity index (χ4n) is 2.06. The van der Waals surface area contributed by atoms with Crippen molar-refractivity contribution >= 4 is 8.25 Å². The quantitative estimate of drug-likeness (QED) is 0.585. The standard InChI is InChI=1S/C8H12N3O3.ClH.Hg/c1-9-7(12)10-4-3-6(14-2)5-11(10)8(9)13;;/h3,6H,4-5H2,1-2H3;1H;/q;;+1/p-1. The van der Waals surface area contributed by atoms with Crippen LogP contribution in [0.2, 0.25) is 3.43 Å². The first kappa shape index (κ1) is 12.4. The van der Waals surface area contributed by atoms with Gasteiger partial charge in [0.25, 0.3) is 0 Å². The van der Waals surface area contributed by atoms with E-state index in [0.29, 0.717) is 13.1 Å². The van der Waals surface area contributed by atoms with Crippen LogP contribution in [0.25, 0.3) is 0 Å². The summed E-state index contributed by atoms with van der Waals surface area (Å²) in [4.78, 5) is 23.5. The molecule has 0 bridgehead atoms. The van der Waals surface area contributed by atoms with Crippen LogP contribution >= 0.6 is 8.25 Å². The fraction of sp³-hybridized carbons (Fsp3) is 0.750. The van der Waals surface area contributed by atoms with E-state index in [1.165, 1.54) is 16.4 Å². The number of aromatic nitrogens is 3. The number of methoxy groups -OCH3 is 1. The van der Waals surface area contributed by atoms with Crippen molar-refractivity contribution in [3.63, 3.8) is 0 Å². The van der Waals surface area contributed by atoms with Gasteiger partial charge in [-0.1, -0.05) is 0 Å². The van der Waals surface area contributed by atoms with Crippen molar-refractivity contribution in [1.82, 2.24) is 13.9 Å². The van der Waals surface area contributed by atoms with E-state index < -0.39 is 23.3 Å². The van der Waals surface area contributed by atoms with Gasteiger partial charge in [-0.3, -0.25) is 0 Å². The molecule has 0 fully saturated rings. The predicted molar refractivity (Wildman–Crippen MR) is 54.3 cm³/mol. The minimum atomic E-state index is -1.50. The Bertz CT molecular complexity index is 462. The molecule has 0 radical (unpaired) electrons. The van der Waals surface area contributed by atoms with Crippen LogP contribution in [0.15, 0.2) is 9.59 Å². The molecule has 2 unspecified atom stereocenters. The summed E-state index contributed by atoms with van der Waals surface area (Å²) in [6.45, 7) is 0.960. The molecule has 1 aliphatic rings. The van der Waals surface area contributed by atoms with Crippen molar-refractivity contribution in [1.29, 1.82) is 0 Å². The molecule has 0 N–H and O–H groups in total. The summed E-state index contributed by atoms with van der Waals surface area (Å²) in [6, 6.07) is 0. The fourth-order valence-corrected chi connectivity index (χ4v) is 8.09. The van der Waals surface area contributed by atoms with E-state index in [4.69, 9.17) is 13.0 Å². The molecule has 1 aromatic heterocycles. The van der Waals surface area contributed by atoms with Crippen molar-refractivity contribution in [2.75, 3.05) is 7.11 Å². The Balaban J connectivity index is 2.50. The zero-order valence-corrected chi connectivity index (χ0v) is 15.5. The van der Waals surface area contributed by atoms with Gasteiger partial charge in [-0.2, -0.15) is 0 Å². The molecule has 1 aliphatic heterocycles. The molecule has 6 nitrogen and oxygen atoms in total. The summed E-state index contributed by atoms with van der Waals surface area (Å²) in [5.74, 6) is 0. The monoisotopic (exact) mass is 435 g/mol. The molecule has 86 valence electrons. The summed E-state index contributed by atoms with van der Waals surface area (Å²) < 4.78 is 9.69. The third-order valence-electron chi connectivity index (χ3n) is 3.09. The second-order valence-corrected chi connectivity index (χ2v) is 12.0. The van der Waals surface area contributed by atoms with E-state index in [1.54, 1.807) is 7.11 Å². The molecule has 2 rings (SSSR count). The Labute approximate surface area is 108 Å². The van der Waals surface area contributed by atoms with Gasteiger partial charge in [0.15, 0.2) is 0 Å². The molecule has 0 aliphatic carbocycles. The first-order valence-electron chi connectivity index (χ1n) is 5.05. The third kappa shape index (κ3) is 1.80. The van der Waals surface area contributed by atoms with Gasteiger partial charge in [0.1, 0.15) is 0 Å². The minimum absolute atomic E-state index is 0.0151. The molecular weight excluding hydrogens is 422 g/mol. The Morgan fingerprint density at radius 1 is 1.31 bits per heavy atom. The van der Waals surface area contributed by atoms with E-state index in [1.807, 2.05) is 0 Å². The second-order valence-electron chi connectivity index (χ2n) is 3.98. The van der Waals surface area contributed by atoms with Crippen LogP contribution in [0, 0.1) is 0 Å². The van der Waals surface area contributed by atoms with Gasteiger partial charge in [-0.25, -0.2) is 0 Å². The molecule has 16 heavy (non-hydrogen) atoms. The molecule has 1 aromatic rings. The number of nitrogens with zero attached hydrogens (tertiary/aromatic N) is 3. The molecule has 0 spiro atoms. The average molecular weight is 434 g/mol. The molecule has 0 amide bonds. The molecule has 2 atom stereocenters. The molecule has 8 heteroatoms. The van der Waals surface area contributed by atoms with E-state index in [9.17, 15) is 9.59 Å². The summed E-state index contributed by atoms with van der Waals surface area (Å²) in [5, 5.41) is 0. The van der Waals surface area contributed by atoms with Gasteiger partial charge >= 0.3 is 108 Å². The summed E-state index contributed by atoms with van der Waals surface area (Å²) in [5.41, 5.74) is -0.542. The topological polar surface area (TPSA) is 58.2 Å². The van der Waals surface area contributed by atoms with E-state index in [-0.39, 0.29) is 20.9 Å². The Hall–Kier alpha value is -0.0749. The Morgan fingerprint density at radius 3 is 2.38 bits per heavy atom. The van der Waals surface area contributed by atoms with E-state index in [0.717, 1.165) is 4.57 Å². The normalized spacial score (nSPS) is 23.9. The number of hydrogen-bond acceptors (Lipinski definition) is 3. The maximum absolute atomic E-state index is 11.7. The Kier molecular flexibility index (Phi) is 3.61. The van der Waals surface area contributed by atoms with Gasteiger partial charge in [0.05, 0.1) is 0 Å². The third-order valence-corrected chi connectivity index (χ3v) is 11.2. The van der Waals surface area contributed by atoms with Crippen LogP contribution in [0.5, 0.6) is 0 Å². The number of rotatable bonds is 2. The average Bonchev–Trinajstić information content (AvgIpc) is 2.52. The van der Waals surface area contributed by atoms with Gasteiger partial charge in [-0.05, 0) is 0 Å². The number of halogens is 1. The molecule has 2 heterocycles. The van der Waals surface area contributed by atoms with Crippen molar-refractivity contribution in [3.05, 3.63) is 21.0 Å². The van der Waals surface area contributed by atoms with Crippen molar-refractivity contribution in [3.8, 4) is 0 Å². The number of hydrogen-bond donors (Lipinski definition) is 0. The molecule has 0 aromatic carbocycles. The zero-order chi connectivity index (χ0) is 11.9. The van der Waals surface area contributed by atoms with Crippen LogP contribution in [0.1, 0.15) is 0 Å². The van der Waals surface area contributed by atoms with Gasteiger partial charge in [-0.15, -0.1) is 0 Å². The van der Waals surface area contributed by atoms with E-state index in [2.05, 4.69) is 0 Å².